The molecule has 0 bridgehead atoms. The molecular weight excluding hydrogens is 766 g/mol. The van der Waals surface area contributed by atoms with Crippen molar-refractivity contribution in [3.8, 4) is 0 Å². The third kappa shape index (κ3) is 15.1. The van der Waals surface area contributed by atoms with Gasteiger partial charge >= 0.3 is 18.1 Å². The Balaban J connectivity index is 1.18. The molecule has 0 aliphatic carbocycles. The molecule has 3 aliphatic rings. The fourth-order valence-electron chi connectivity index (χ4n) is 9.01. The molecule has 0 unspecified atom stereocenters. The Labute approximate surface area is 351 Å². The van der Waals surface area contributed by atoms with E-state index in [1.807, 2.05) is 6.92 Å². The van der Waals surface area contributed by atoms with Gasteiger partial charge in [0, 0.05) is 24.7 Å². The van der Waals surface area contributed by atoms with Crippen LogP contribution in [0.5, 0.6) is 0 Å². The number of benzene rings is 1. The van der Waals surface area contributed by atoms with Gasteiger partial charge in [0.25, 0.3) is 5.60 Å². The molecule has 336 valence electrons. The molecule has 4 rings (SSSR count). The third-order valence-corrected chi connectivity index (χ3v) is 12.4. The zero-order valence-corrected chi connectivity index (χ0v) is 35.9. The molecule has 0 saturated carbocycles. The molecule has 0 spiro atoms. The number of alkyl halides is 3. The average molecular weight is 839 g/mol. The second-order valence-corrected chi connectivity index (χ2v) is 17.2. The van der Waals surface area contributed by atoms with Crippen molar-refractivity contribution in [2.75, 3.05) is 7.11 Å². The third-order valence-electron chi connectivity index (χ3n) is 12.4. The molecule has 3 heterocycles. The molecular formula is C47H73F3O9. The largest absolute Gasteiger partial charge is 0.457 e. The second-order valence-electron chi connectivity index (χ2n) is 17.2. The maximum absolute atomic E-state index is 14.7. The van der Waals surface area contributed by atoms with Crippen LogP contribution < -0.4 is 0 Å². The lowest BCUT2D eigenvalue weighted by molar-refractivity contribution is -0.280. The molecule has 1 aromatic rings. The van der Waals surface area contributed by atoms with Crippen LogP contribution >= 0.6 is 0 Å². The summed E-state index contributed by atoms with van der Waals surface area (Å²) in [4.78, 5) is 25.4. The number of esters is 2. The number of aliphatic hydroxyl groups is 2. The van der Waals surface area contributed by atoms with E-state index in [4.69, 9.17) is 23.7 Å². The maximum Gasteiger partial charge on any atom is 0.432 e. The van der Waals surface area contributed by atoms with Crippen LogP contribution in [0.3, 0.4) is 0 Å². The van der Waals surface area contributed by atoms with E-state index >= 15 is 0 Å². The number of carbonyl (C=O) groups excluding carboxylic acids is 2. The molecule has 0 radical (unpaired) electrons. The SMILES string of the molecule is CCCCCCCCCC[C@H](OC(=O)[C@](OC)(c1ccccc1)C(F)(F)F)[C@H]1CC[C@H]([C@H]2CC[C@H]([C@H](O)CCCCCCCCCC[C@@H](O)CC3=C[C@H](C)OC3=O)O2)O1. The summed E-state index contributed by atoms with van der Waals surface area (Å²) in [5.74, 6) is -1.80. The van der Waals surface area contributed by atoms with E-state index in [1.165, 1.54) is 43.5 Å². The average Bonchev–Trinajstić information content (AvgIpc) is 3.97. The highest BCUT2D eigenvalue weighted by Gasteiger charge is 2.64. The summed E-state index contributed by atoms with van der Waals surface area (Å²) in [6.45, 7) is 3.99. The lowest BCUT2D eigenvalue weighted by Crippen LogP contribution is -2.53. The van der Waals surface area contributed by atoms with Crippen molar-refractivity contribution >= 4 is 11.9 Å². The van der Waals surface area contributed by atoms with E-state index in [1.54, 1.807) is 12.1 Å². The fourth-order valence-corrected chi connectivity index (χ4v) is 9.01. The summed E-state index contributed by atoms with van der Waals surface area (Å²) in [5.41, 5.74) is -3.02. The summed E-state index contributed by atoms with van der Waals surface area (Å²) < 4.78 is 73.0. The summed E-state index contributed by atoms with van der Waals surface area (Å²) in [5, 5.41) is 21.3. The van der Waals surface area contributed by atoms with Crippen LogP contribution in [-0.2, 0) is 38.9 Å². The minimum Gasteiger partial charge on any atom is -0.457 e. The van der Waals surface area contributed by atoms with Gasteiger partial charge in [0.15, 0.2) is 0 Å². The van der Waals surface area contributed by atoms with Crippen LogP contribution in [0.1, 0.15) is 174 Å². The molecule has 2 N–H and O–H groups in total. The van der Waals surface area contributed by atoms with Crippen LogP contribution in [0.2, 0.25) is 0 Å². The number of ether oxygens (including phenoxy) is 5. The van der Waals surface area contributed by atoms with Gasteiger partial charge in [-0.1, -0.05) is 134 Å². The number of hydrogen-bond acceptors (Lipinski definition) is 9. The van der Waals surface area contributed by atoms with Crippen molar-refractivity contribution in [2.45, 2.75) is 229 Å². The molecule has 9 atom stereocenters. The first kappa shape index (κ1) is 49.1. The smallest absolute Gasteiger partial charge is 0.432 e. The number of aliphatic hydroxyl groups excluding tert-OH is 2. The van der Waals surface area contributed by atoms with Gasteiger partial charge in [0.05, 0.1) is 36.6 Å². The molecule has 1 aromatic carbocycles. The van der Waals surface area contributed by atoms with E-state index in [2.05, 4.69) is 6.92 Å². The summed E-state index contributed by atoms with van der Waals surface area (Å²) >= 11 is 0. The zero-order valence-electron chi connectivity index (χ0n) is 35.9. The monoisotopic (exact) mass is 839 g/mol. The highest BCUT2D eigenvalue weighted by molar-refractivity contribution is 5.90. The van der Waals surface area contributed by atoms with Crippen molar-refractivity contribution < 1.29 is 56.7 Å². The number of methoxy groups -OCH3 is 1. The Bertz CT molecular complexity index is 1390. The van der Waals surface area contributed by atoms with Gasteiger partial charge in [0.2, 0.25) is 0 Å². The van der Waals surface area contributed by atoms with E-state index in [0.29, 0.717) is 56.9 Å². The number of unbranched alkanes of at least 4 members (excludes halogenated alkanes) is 14. The second kappa shape index (κ2) is 25.4. The lowest BCUT2D eigenvalue weighted by atomic mass is 9.92. The molecule has 2 fully saturated rings. The predicted molar refractivity (Wildman–Crippen MR) is 221 cm³/mol. The number of cyclic esters (lactones) is 1. The Morgan fingerprint density at radius 3 is 1.83 bits per heavy atom. The molecule has 3 aliphatic heterocycles. The van der Waals surface area contributed by atoms with Crippen molar-refractivity contribution in [3.63, 3.8) is 0 Å². The van der Waals surface area contributed by atoms with Crippen LogP contribution in [0, 0.1) is 0 Å². The molecule has 59 heavy (non-hydrogen) atoms. The molecule has 12 heteroatoms. The van der Waals surface area contributed by atoms with Crippen LogP contribution in [0.4, 0.5) is 13.2 Å². The first-order chi connectivity index (χ1) is 28.4. The minimum atomic E-state index is -5.06. The summed E-state index contributed by atoms with van der Waals surface area (Å²) in [6.07, 6.45) is 14.7. The van der Waals surface area contributed by atoms with Crippen molar-refractivity contribution in [1.82, 2.24) is 0 Å². The van der Waals surface area contributed by atoms with Gasteiger partial charge in [-0.25, -0.2) is 9.59 Å². The molecule has 0 amide bonds. The maximum atomic E-state index is 14.7. The van der Waals surface area contributed by atoms with Gasteiger partial charge in [-0.2, -0.15) is 13.2 Å². The first-order valence-corrected chi connectivity index (χ1v) is 22.9. The Morgan fingerprint density at radius 2 is 1.29 bits per heavy atom. The molecule has 9 nitrogen and oxygen atoms in total. The first-order valence-electron chi connectivity index (χ1n) is 22.9. The number of rotatable bonds is 29. The van der Waals surface area contributed by atoms with E-state index in [-0.39, 0.29) is 35.9 Å². The standard InChI is InChI=1S/C47H73F3O9/c1-4-5-6-7-8-13-16-22-27-40(59-45(54)46(55-3,47(48,49)50)36-23-18-17-19-24-36)41-30-31-43(58-41)42-29-28-39(57-42)38(52)26-21-15-12-10-9-11-14-20-25-37(51)33-35-32-34(2)56-44(35)53/h17-19,23-24,32,34,37-43,51-52H,4-16,20-22,25-31,33H2,1-3H3/t34-,37+,38+,39+,40-,41+,42+,43+,46+/m0/s1. The Hall–Kier alpha value is -2.51. The van der Waals surface area contributed by atoms with Gasteiger partial charge in [-0.15, -0.1) is 0 Å². The van der Waals surface area contributed by atoms with E-state index < -0.39 is 42.2 Å². The van der Waals surface area contributed by atoms with Crippen molar-refractivity contribution in [3.05, 3.63) is 47.5 Å². The Morgan fingerprint density at radius 1 is 0.763 bits per heavy atom. The van der Waals surface area contributed by atoms with Crippen LogP contribution in [0.25, 0.3) is 0 Å². The Kier molecular flexibility index (Phi) is 21.2. The molecule has 0 aromatic heterocycles. The summed E-state index contributed by atoms with van der Waals surface area (Å²) in [6, 6.07) is 6.93. The quantitative estimate of drug-likeness (QED) is 0.0600. The normalized spacial score (nSPS) is 24.7. The number of halogens is 3. The van der Waals surface area contributed by atoms with Crippen LogP contribution in [0.15, 0.2) is 42.0 Å². The predicted octanol–water partition coefficient (Wildman–Crippen LogP) is 10.5. The van der Waals surface area contributed by atoms with Gasteiger partial charge in [-0.3, -0.25) is 0 Å². The topological polar surface area (TPSA) is 121 Å². The van der Waals surface area contributed by atoms with E-state index in [0.717, 1.165) is 90.6 Å². The zero-order chi connectivity index (χ0) is 42.7. The highest BCUT2D eigenvalue weighted by Crippen LogP contribution is 2.44. The molecule has 2 saturated heterocycles. The van der Waals surface area contributed by atoms with Crippen molar-refractivity contribution in [2.24, 2.45) is 0 Å². The fraction of sp³-hybridized carbons (Fsp3) is 0.787. The minimum absolute atomic E-state index is 0.208. The van der Waals surface area contributed by atoms with E-state index in [9.17, 15) is 33.0 Å². The van der Waals surface area contributed by atoms with Gasteiger partial charge in [0.1, 0.15) is 12.2 Å². The number of hydrogen-bond donors (Lipinski definition) is 2. The lowest BCUT2D eigenvalue weighted by Gasteiger charge is -2.35. The summed E-state index contributed by atoms with van der Waals surface area (Å²) in [7, 11) is 0.887. The van der Waals surface area contributed by atoms with Gasteiger partial charge < -0.3 is 33.9 Å². The highest BCUT2D eigenvalue weighted by atomic mass is 19.4. The number of carbonyl (C=O) groups is 2. The van der Waals surface area contributed by atoms with Gasteiger partial charge in [-0.05, 0) is 64.4 Å². The van der Waals surface area contributed by atoms with Crippen molar-refractivity contribution in [1.29, 1.82) is 0 Å². The van der Waals surface area contributed by atoms with Crippen LogP contribution in [-0.4, -0.2) is 84.3 Å².